The van der Waals surface area contributed by atoms with Gasteiger partial charge in [0.25, 0.3) is 0 Å². The molecule has 0 aromatic carbocycles. The zero-order chi connectivity index (χ0) is 30.6. The molecule has 11 rings (SSSR count). The molecule has 11 aliphatic rings. The lowest BCUT2D eigenvalue weighted by Gasteiger charge is -2.67. The van der Waals surface area contributed by atoms with Crippen LogP contribution in [0.15, 0.2) is 22.8 Å². The van der Waals surface area contributed by atoms with Gasteiger partial charge in [-0.25, -0.2) is 0 Å². The molecule has 8 bridgehead atoms. The van der Waals surface area contributed by atoms with E-state index >= 15 is 0 Å². The molecule has 0 aromatic rings. The minimum absolute atomic E-state index is 0.0175. The minimum Gasteiger partial charge on any atom is -0.314 e. The van der Waals surface area contributed by atoms with Crippen molar-refractivity contribution in [2.75, 3.05) is 45.4 Å². The SMILES string of the molecule is CC(C)(C)C1=CC(CP(C23CC4CC(CC(C4)C2)C3)C23CC4CC(CC(C4)C2)C3)=C(C(P)(C2CNCCN2)C2CNCCN2)C1. The number of nitrogens with one attached hydrogen (secondary N) is 4. The molecule has 0 amide bonds. The number of rotatable bonds is 7. The first kappa shape index (κ1) is 31.2. The Morgan fingerprint density at radius 2 is 1.11 bits per heavy atom. The van der Waals surface area contributed by atoms with Gasteiger partial charge in [0.05, 0.1) is 0 Å². The lowest BCUT2D eigenvalue weighted by atomic mass is 9.55. The minimum atomic E-state index is -0.0672. The first-order valence-corrected chi connectivity index (χ1v) is 21.6. The molecule has 2 heterocycles. The van der Waals surface area contributed by atoms with Gasteiger partial charge in [-0.3, -0.25) is 0 Å². The maximum absolute atomic E-state index is 4.08. The van der Waals surface area contributed by atoms with E-state index < -0.39 is 0 Å². The Morgan fingerprint density at radius 1 is 0.689 bits per heavy atom. The third-order valence-electron chi connectivity index (χ3n) is 15.3. The molecule has 0 radical (unpaired) electrons. The predicted octanol–water partition coefficient (Wildman–Crippen LogP) is 6.82. The first-order valence-electron chi connectivity index (χ1n) is 19.5. The van der Waals surface area contributed by atoms with Crippen LogP contribution in [-0.2, 0) is 0 Å². The molecule has 10 fully saturated rings. The average molecular weight is 651 g/mol. The highest BCUT2D eigenvalue weighted by molar-refractivity contribution is 7.61. The van der Waals surface area contributed by atoms with Gasteiger partial charge in [-0.1, -0.05) is 40.3 Å². The maximum atomic E-state index is 4.08. The number of piperazine rings is 2. The second-order valence-electron chi connectivity index (χ2n) is 19.3. The summed E-state index contributed by atoms with van der Waals surface area (Å²) in [4.78, 5) is 0. The normalized spacial score (nSPS) is 47.7. The Kier molecular flexibility index (Phi) is 7.87. The van der Waals surface area contributed by atoms with Crippen LogP contribution in [0.4, 0.5) is 0 Å². The van der Waals surface area contributed by atoms with Crippen LogP contribution in [0.25, 0.3) is 0 Å². The van der Waals surface area contributed by atoms with E-state index in [4.69, 9.17) is 0 Å². The Morgan fingerprint density at radius 3 is 1.47 bits per heavy atom. The predicted molar refractivity (Wildman–Crippen MR) is 195 cm³/mol. The third-order valence-corrected chi connectivity index (χ3v) is 20.5. The van der Waals surface area contributed by atoms with E-state index in [1.54, 1.807) is 82.6 Å². The van der Waals surface area contributed by atoms with Gasteiger partial charge < -0.3 is 21.3 Å². The van der Waals surface area contributed by atoms with Crippen molar-refractivity contribution in [2.24, 2.45) is 40.9 Å². The Balaban J connectivity index is 1.17. The van der Waals surface area contributed by atoms with Gasteiger partial charge in [-0.05, 0) is 152 Å². The van der Waals surface area contributed by atoms with Crippen molar-refractivity contribution >= 4 is 17.2 Å². The summed E-state index contributed by atoms with van der Waals surface area (Å²) in [6.07, 6.45) is 24.6. The maximum Gasteiger partial charge on any atom is 0.0395 e. The topological polar surface area (TPSA) is 48.1 Å². The number of allylic oxidation sites excluding steroid dienone is 3. The Bertz CT molecular complexity index is 1090. The first-order chi connectivity index (χ1) is 21.6. The zero-order valence-electron chi connectivity index (χ0n) is 28.9. The van der Waals surface area contributed by atoms with Crippen molar-refractivity contribution in [2.45, 2.75) is 132 Å². The molecule has 3 atom stereocenters. The van der Waals surface area contributed by atoms with Gasteiger partial charge in [0, 0.05) is 56.5 Å². The van der Waals surface area contributed by atoms with Gasteiger partial charge in [-0.2, -0.15) is 0 Å². The molecule has 3 unspecified atom stereocenters. The lowest BCUT2D eigenvalue weighted by Crippen LogP contribution is -2.69. The van der Waals surface area contributed by atoms with E-state index in [1.165, 1.54) is 12.6 Å². The zero-order valence-corrected chi connectivity index (χ0v) is 30.9. The average Bonchev–Trinajstić information content (AvgIpc) is 3.44. The molecule has 4 N–H and O–H groups in total. The van der Waals surface area contributed by atoms with Crippen molar-refractivity contribution in [3.05, 3.63) is 22.8 Å². The number of hydrogen-bond acceptors (Lipinski definition) is 4. The quantitative estimate of drug-likeness (QED) is 0.229. The summed E-state index contributed by atoms with van der Waals surface area (Å²) in [5.41, 5.74) is 5.56. The number of hydrogen-bond donors (Lipinski definition) is 4. The highest BCUT2D eigenvalue weighted by Crippen LogP contribution is 2.79. The summed E-state index contributed by atoms with van der Waals surface area (Å²) < 4.78 is 0. The van der Waals surface area contributed by atoms with Crippen LogP contribution in [-0.4, -0.2) is 73.0 Å². The summed E-state index contributed by atoms with van der Waals surface area (Å²) in [5, 5.41) is 17.2. The molecule has 6 heteroatoms. The summed E-state index contributed by atoms with van der Waals surface area (Å²) in [6, 6.07) is 0.883. The Hall–Kier alpha value is 0.180. The molecule has 45 heavy (non-hydrogen) atoms. The molecular formula is C39H64N4P2. The van der Waals surface area contributed by atoms with Gasteiger partial charge in [0.2, 0.25) is 0 Å². The second-order valence-corrected chi connectivity index (χ2v) is 23.3. The van der Waals surface area contributed by atoms with Crippen molar-refractivity contribution in [3.8, 4) is 0 Å². The molecule has 250 valence electrons. The summed E-state index contributed by atoms with van der Waals surface area (Å²) in [6.45, 7) is 14.0. The second kappa shape index (κ2) is 11.4. The highest BCUT2D eigenvalue weighted by Gasteiger charge is 2.63. The van der Waals surface area contributed by atoms with Gasteiger partial charge in [0.1, 0.15) is 0 Å². The van der Waals surface area contributed by atoms with E-state index in [2.05, 4.69) is 57.4 Å². The molecule has 0 aromatic heterocycles. The monoisotopic (exact) mass is 650 g/mol. The van der Waals surface area contributed by atoms with Crippen LogP contribution in [0.2, 0.25) is 0 Å². The fourth-order valence-electron chi connectivity index (χ4n) is 14.2. The fraction of sp³-hybridized carbons (Fsp3) is 0.897. The molecular weight excluding hydrogens is 586 g/mol. The molecule has 0 spiro atoms. The molecule has 2 aliphatic heterocycles. The van der Waals surface area contributed by atoms with Crippen LogP contribution >= 0.6 is 17.2 Å². The summed E-state index contributed by atoms with van der Waals surface area (Å²) >= 11 is 0. The largest absolute Gasteiger partial charge is 0.314 e. The highest BCUT2D eigenvalue weighted by atomic mass is 31.1. The van der Waals surface area contributed by atoms with Crippen LogP contribution in [0, 0.1) is 40.9 Å². The summed E-state index contributed by atoms with van der Waals surface area (Å²) in [7, 11) is 3.52. The van der Waals surface area contributed by atoms with E-state index in [1.807, 2.05) is 11.1 Å². The molecule has 2 saturated heterocycles. The summed E-state index contributed by atoms with van der Waals surface area (Å²) in [5.74, 6) is 6.35. The van der Waals surface area contributed by atoms with Crippen LogP contribution < -0.4 is 21.3 Å². The van der Waals surface area contributed by atoms with Crippen molar-refractivity contribution < 1.29 is 0 Å². The van der Waals surface area contributed by atoms with Gasteiger partial charge in [-0.15, -0.1) is 9.24 Å². The molecule has 4 nitrogen and oxygen atoms in total. The van der Waals surface area contributed by atoms with Crippen LogP contribution in [0.3, 0.4) is 0 Å². The van der Waals surface area contributed by atoms with E-state index in [-0.39, 0.29) is 18.5 Å². The van der Waals surface area contributed by atoms with Gasteiger partial charge >= 0.3 is 0 Å². The van der Waals surface area contributed by atoms with Crippen molar-refractivity contribution in [1.82, 2.24) is 21.3 Å². The lowest BCUT2D eigenvalue weighted by molar-refractivity contribution is 0.0187. The standard InChI is InChI=1S/C39H64N4P2/c1-36(2,3)32-14-31(33(15-32)39(44,34-22-40-4-6-42-34)35-23-41-5-7-43-35)24-45(37-16-25-8-26(17-37)10-27(9-25)18-37)38-19-28-11-29(20-38)13-30(12-28)21-38/h14,25-30,34-35,40-43H,4-13,15-24,44H2,1-3H3. The fourth-order valence-corrected chi connectivity index (χ4v) is 20.1. The van der Waals surface area contributed by atoms with E-state index in [9.17, 15) is 0 Å². The van der Waals surface area contributed by atoms with E-state index in [0.29, 0.717) is 22.4 Å². The molecule has 9 aliphatic carbocycles. The van der Waals surface area contributed by atoms with Crippen LogP contribution in [0.5, 0.6) is 0 Å². The van der Waals surface area contributed by atoms with Gasteiger partial charge in [0.15, 0.2) is 0 Å². The van der Waals surface area contributed by atoms with Crippen molar-refractivity contribution in [1.29, 1.82) is 0 Å². The van der Waals surface area contributed by atoms with Crippen molar-refractivity contribution in [3.63, 3.8) is 0 Å². The third kappa shape index (κ3) is 5.27. The van der Waals surface area contributed by atoms with E-state index in [0.717, 1.165) is 74.8 Å². The Labute approximate surface area is 278 Å². The molecule has 8 saturated carbocycles. The smallest absolute Gasteiger partial charge is 0.0395 e. The van der Waals surface area contributed by atoms with Crippen LogP contribution in [0.1, 0.15) is 104 Å².